The van der Waals surface area contributed by atoms with E-state index < -0.39 is 6.04 Å². The average Bonchev–Trinajstić information content (AvgIpc) is 3.52. The van der Waals surface area contributed by atoms with Gasteiger partial charge in [-0.15, -0.1) is 6.58 Å². The van der Waals surface area contributed by atoms with Crippen LogP contribution in [-0.2, 0) is 9.59 Å². The summed E-state index contributed by atoms with van der Waals surface area (Å²) < 4.78 is 10.7. The number of nitrogens with one attached hydrogen (secondary N) is 2. The second-order valence-electron chi connectivity index (χ2n) is 8.70. The van der Waals surface area contributed by atoms with E-state index in [0.29, 0.717) is 49.5 Å². The second-order valence-corrected chi connectivity index (χ2v) is 8.70. The molecule has 1 aromatic rings. The molecule has 3 aliphatic rings. The van der Waals surface area contributed by atoms with Crippen LogP contribution in [0.15, 0.2) is 30.9 Å². The maximum Gasteiger partial charge on any atom is 0.252 e. The van der Waals surface area contributed by atoms with Gasteiger partial charge in [-0.1, -0.05) is 18.9 Å². The van der Waals surface area contributed by atoms with Crippen molar-refractivity contribution >= 4 is 17.7 Å². The van der Waals surface area contributed by atoms with Gasteiger partial charge in [0.15, 0.2) is 11.5 Å². The first kappa shape index (κ1) is 22.2. The highest BCUT2D eigenvalue weighted by Gasteiger charge is 2.36. The fraction of sp³-hybridized carbons (Fsp3) is 0.542. The number of benzene rings is 1. The van der Waals surface area contributed by atoms with Crippen molar-refractivity contribution < 1.29 is 23.9 Å². The highest BCUT2D eigenvalue weighted by molar-refractivity contribution is 5.98. The van der Waals surface area contributed by atoms with Crippen LogP contribution in [0.4, 0.5) is 0 Å². The SMILES string of the molecule is C=CCNC(=O)C(NC(=O)c1ccc2c(c1)OCO2)C1CCN(C(=O)C2CCCC2)CC1. The maximum atomic E-state index is 13.0. The Hall–Kier alpha value is -3.03. The van der Waals surface area contributed by atoms with Gasteiger partial charge in [0, 0.05) is 31.1 Å². The fourth-order valence-corrected chi connectivity index (χ4v) is 4.83. The van der Waals surface area contributed by atoms with E-state index in [1.807, 2.05) is 4.90 Å². The van der Waals surface area contributed by atoms with E-state index in [0.717, 1.165) is 25.7 Å². The molecule has 2 heterocycles. The predicted octanol–water partition coefficient (Wildman–Crippen LogP) is 2.24. The number of likely N-dealkylation sites (tertiary alicyclic amines) is 1. The summed E-state index contributed by atoms with van der Waals surface area (Å²) in [6, 6.07) is 4.29. The molecule has 1 aromatic carbocycles. The zero-order valence-corrected chi connectivity index (χ0v) is 18.3. The number of amides is 3. The number of fused-ring (bicyclic) bond motifs is 1. The van der Waals surface area contributed by atoms with E-state index >= 15 is 0 Å². The average molecular weight is 442 g/mol. The lowest BCUT2D eigenvalue weighted by Crippen LogP contribution is -2.54. The lowest BCUT2D eigenvalue weighted by atomic mass is 9.87. The summed E-state index contributed by atoms with van der Waals surface area (Å²) in [5.41, 5.74) is 0.407. The van der Waals surface area contributed by atoms with Gasteiger partial charge < -0.3 is 25.0 Å². The van der Waals surface area contributed by atoms with E-state index in [-0.39, 0.29) is 36.4 Å². The van der Waals surface area contributed by atoms with E-state index in [9.17, 15) is 14.4 Å². The third-order valence-corrected chi connectivity index (χ3v) is 6.65. The van der Waals surface area contributed by atoms with Gasteiger partial charge >= 0.3 is 0 Å². The third-order valence-electron chi connectivity index (χ3n) is 6.65. The molecule has 3 amide bonds. The molecule has 172 valence electrons. The topological polar surface area (TPSA) is 97.0 Å². The third kappa shape index (κ3) is 4.89. The Labute approximate surface area is 188 Å². The van der Waals surface area contributed by atoms with Crippen molar-refractivity contribution in [3.8, 4) is 11.5 Å². The standard InChI is InChI=1S/C24H31N3O5/c1-2-11-25-23(29)21(26-22(28)18-7-8-19-20(14-18)32-15-31-19)16-9-12-27(13-10-16)24(30)17-5-3-4-6-17/h2,7-8,14,16-17,21H,1,3-6,9-13,15H2,(H,25,29)(H,26,28). The minimum Gasteiger partial charge on any atom is -0.454 e. The maximum absolute atomic E-state index is 13.0. The van der Waals surface area contributed by atoms with Crippen LogP contribution in [-0.4, -0.2) is 55.1 Å². The molecule has 1 unspecified atom stereocenters. The molecule has 0 radical (unpaired) electrons. The molecular weight excluding hydrogens is 410 g/mol. The van der Waals surface area contributed by atoms with Crippen LogP contribution < -0.4 is 20.1 Å². The van der Waals surface area contributed by atoms with Crippen molar-refractivity contribution in [3.63, 3.8) is 0 Å². The minimum atomic E-state index is -0.684. The lowest BCUT2D eigenvalue weighted by Gasteiger charge is -2.36. The van der Waals surface area contributed by atoms with E-state index in [4.69, 9.17) is 9.47 Å². The molecule has 1 saturated heterocycles. The number of hydrogen-bond acceptors (Lipinski definition) is 5. The van der Waals surface area contributed by atoms with Crippen molar-refractivity contribution in [1.82, 2.24) is 15.5 Å². The predicted molar refractivity (Wildman–Crippen MR) is 118 cm³/mol. The summed E-state index contributed by atoms with van der Waals surface area (Å²) in [6.45, 7) is 5.33. The van der Waals surface area contributed by atoms with Crippen LogP contribution in [0.1, 0.15) is 48.9 Å². The number of carbonyl (C=O) groups excluding carboxylic acids is 3. The number of hydrogen-bond donors (Lipinski definition) is 2. The van der Waals surface area contributed by atoms with Crippen molar-refractivity contribution in [2.24, 2.45) is 11.8 Å². The highest BCUT2D eigenvalue weighted by Crippen LogP contribution is 2.33. The normalized spacial score (nSPS) is 19.4. The Morgan fingerprint density at radius 2 is 1.81 bits per heavy atom. The van der Waals surface area contributed by atoms with Gasteiger partial charge in [0.2, 0.25) is 18.6 Å². The molecule has 0 aromatic heterocycles. The minimum absolute atomic E-state index is 0.0506. The molecule has 1 saturated carbocycles. The molecule has 32 heavy (non-hydrogen) atoms. The second kappa shape index (κ2) is 10.1. The van der Waals surface area contributed by atoms with Gasteiger partial charge in [-0.3, -0.25) is 14.4 Å². The van der Waals surface area contributed by atoms with Crippen LogP contribution >= 0.6 is 0 Å². The van der Waals surface area contributed by atoms with Gasteiger partial charge in [0.25, 0.3) is 5.91 Å². The Morgan fingerprint density at radius 1 is 1.09 bits per heavy atom. The summed E-state index contributed by atoms with van der Waals surface area (Å²) in [5.74, 6) is 0.892. The number of ether oxygens (including phenoxy) is 2. The fourth-order valence-electron chi connectivity index (χ4n) is 4.83. The van der Waals surface area contributed by atoms with Crippen LogP contribution in [0.5, 0.6) is 11.5 Å². The Bertz CT molecular complexity index is 872. The Balaban J connectivity index is 1.41. The Kier molecular flexibility index (Phi) is 6.97. The van der Waals surface area contributed by atoms with Gasteiger partial charge in [-0.25, -0.2) is 0 Å². The molecular formula is C24H31N3O5. The summed E-state index contributed by atoms with van der Waals surface area (Å²) in [5, 5.41) is 5.73. The van der Waals surface area contributed by atoms with Gasteiger partial charge in [-0.2, -0.15) is 0 Å². The monoisotopic (exact) mass is 441 g/mol. The van der Waals surface area contributed by atoms with Crippen molar-refractivity contribution in [2.75, 3.05) is 26.4 Å². The molecule has 2 aliphatic heterocycles. The Morgan fingerprint density at radius 3 is 2.53 bits per heavy atom. The molecule has 0 bridgehead atoms. The number of piperidine rings is 1. The first-order chi connectivity index (χ1) is 15.6. The summed E-state index contributed by atoms with van der Waals surface area (Å²) >= 11 is 0. The molecule has 0 spiro atoms. The molecule has 1 atom stereocenters. The highest BCUT2D eigenvalue weighted by atomic mass is 16.7. The summed E-state index contributed by atoms with van der Waals surface area (Å²) in [7, 11) is 0. The van der Waals surface area contributed by atoms with Crippen LogP contribution in [0, 0.1) is 11.8 Å². The molecule has 4 rings (SSSR count). The zero-order chi connectivity index (χ0) is 22.5. The van der Waals surface area contributed by atoms with Crippen LogP contribution in [0.2, 0.25) is 0 Å². The van der Waals surface area contributed by atoms with Crippen LogP contribution in [0.3, 0.4) is 0 Å². The van der Waals surface area contributed by atoms with Crippen molar-refractivity contribution in [1.29, 1.82) is 0 Å². The van der Waals surface area contributed by atoms with Gasteiger partial charge in [-0.05, 0) is 49.8 Å². The van der Waals surface area contributed by atoms with Gasteiger partial charge in [0.1, 0.15) is 6.04 Å². The van der Waals surface area contributed by atoms with E-state index in [1.165, 1.54) is 0 Å². The number of carbonyl (C=O) groups is 3. The number of nitrogens with zero attached hydrogens (tertiary/aromatic N) is 1. The summed E-state index contributed by atoms with van der Waals surface area (Å²) in [6.07, 6.45) is 7.18. The van der Waals surface area contributed by atoms with Gasteiger partial charge in [0.05, 0.1) is 0 Å². The van der Waals surface area contributed by atoms with Crippen molar-refractivity contribution in [2.45, 2.75) is 44.6 Å². The van der Waals surface area contributed by atoms with E-state index in [1.54, 1.807) is 24.3 Å². The van der Waals surface area contributed by atoms with Crippen LogP contribution in [0.25, 0.3) is 0 Å². The molecule has 2 fully saturated rings. The first-order valence-electron chi connectivity index (χ1n) is 11.4. The summed E-state index contributed by atoms with van der Waals surface area (Å²) in [4.78, 5) is 40.5. The molecule has 8 nitrogen and oxygen atoms in total. The first-order valence-corrected chi connectivity index (χ1v) is 11.4. The largest absolute Gasteiger partial charge is 0.454 e. The van der Waals surface area contributed by atoms with E-state index in [2.05, 4.69) is 17.2 Å². The number of rotatable bonds is 7. The molecule has 2 N–H and O–H groups in total. The molecule has 1 aliphatic carbocycles. The lowest BCUT2D eigenvalue weighted by molar-refractivity contribution is -0.137. The quantitative estimate of drug-likeness (QED) is 0.633. The molecule has 8 heteroatoms. The smallest absolute Gasteiger partial charge is 0.252 e. The van der Waals surface area contributed by atoms with Crippen molar-refractivity contribution in [3.05, 3.63) is 36.4 Å². The zero-order valence-electron chi connectivity index (χ0n) is 18.3.